The van der Waals surface area contributed by atoms with Crippen molar-refractivity contribution >= 4 is 17.4 Å². The van der Waals surface area contributed by atoms with E-state index in [1.54, 1.807) is 17.4 Å². The maximum Gasteiger partial charge on any atom is 0.140 e. The molecule has 0 aliphatic carbocycles. The Labute approximate surface area is 157 Å². The SMILES string of the molecule is Cc1sc(COc2ccc(C=CC=CC#N)cc2)nc1-c1ccccc1. The van der Waals surface area contributed by atoms with E-state index in [9.17, 15) is 0 Å². The van der Waals surface area contributed by atoms with E-state index >= 15 is 0 Å². The molecule has 3 aromatic rings. The summed E-state index contributed by atoms with van der Waals surface area (Å²) in [4.78, 5) is 5.91. The lowest BCUT2D eigenvalue weighted by Gasteiger charge is -2.04. The number of nitrogens with zero attached hydrogens (tertiary/aromatic N) is 2. The molecule has 3 rings (SSSR count). The standard InChI is InChI=1S/C22H18N2OS/c1-17-22(19-9-5-2-6-10-19)24-21(26-17)16-25-20-13-11-18(12-14-20)8-4-3-7-15-23/h2-14H,16H2,1H3. The summed E-state index contributed by atoms with van der Waals surface area (Å²) in [5, 5.41) is 9.41. The second kappa shape index (κ2) is 8.80. The summed E-state index contributed by atoms with van der Waals surface area (Å²) in [6, 6.07) is 20.0. The van der Waals surface area contributed by atoms with Gasteiger partial charge in [-0.2, -0.15) is 5.26 Å². The lowest BCUT2D eigenvalue weighted by Crippen LogP contribution is -1.94. The van der Waals surface area contributed by atoms with Crippen molar-refractivity contribution in [2.24, 2.45) is 0 Å². The van der Waals surface area contributed by atoms with E-state index < -0.39 is 0 Å². The first kappa shape index (κ1) is 17.7. The molecule has 1 heterocycles. The normalized spacial score (nSPS) is 11.1. The van der Waals surface area contributed by atoms with Crippen LogP contribution in [-0.2, 0) is 6.61 Å². The van der Waals surface area contributed by atoms with Gasteiger partial charge in [0, 0.05) is 16.5 Å². The summed E-state index contributed by atoms with van der Waals surface area (Å²) in [5.41, 5.74) is 3.21. The molecule has 0 bridgehead atoms. The van der Waals surface area contributed by atoms with Gasteiger partial charge in [0.15, 0.2) is 0 Å². The van der Waals surface area contributed by atoms with Crippen LogP contribution in [0.5, 0.6) is 5.75 Å². The van der Waals surface area contributed by atoms with Gasteiger partial charge in [0.25, 0.3) is 0 Å². The van der Waals surface area contributed by atoms with Gasteiger partial charge >= 0.3 is 0 Å². The number of nitriles is 1. The Morgan fingerprint density at radius 3 is 2.58 bits per heavy atom. The number of hydrogen-bond acceptors (Lipinski definition) is 4. The van der Waals surface area contributed by atoms with Crippen LogP contribution in [0.25, 0.3) is 17.3 Å². The van der Waals surface area contributed by atoms with Crippen LogP contribution in [0.3, 0.4) is 0 Å². The Morgan fingerprint density at radius 2 is 1.85 bits per heavy atom. The molecule has 3 nitrogen and oxygen atoms in total. The Kier molecular flexibility index (Phi) is 5.97. The van der Waals surface area contributed by atoms with Crippen molar-refractivity contribution in [3.63, 3.8) is 0 Å². The van der Waals surface area contributed by atoms with Gasteiger partial charge in [-0.15, -0.1) is 11.3 Å². The van der Waals surface area contributed by atoms with Crippen molar-refractivity contribution in [2.45, 2.75) is 13.5 Å². The lowest BCUT2D eigenvalue weighted by molar-refractivity contribution is 0.305. The molecule has 0 aliphatic heterocycles. The van der Waals surface area contributed by atoms with Crippen molar-refractivity contribution < 1.29 is 4.74 Å². The molecular formula is C22H18N2OS. The van der Waals surface area contributed by atoms with Gasteiger partial charge in [0.2, 0.25) is 0 Å². The van der Waals surface area contributed by atoms with Crippen LogP contribution in [0.1, 0.15) is 15.4 Å². The summed E-state index contributed by atoms with van der Waals surface area (Å²) in [7, 11) is 0. The minimum absolute atomic E-state index is 0.457. The molecule has 4 heteroatoms. The van der Waals surface area contributed by atoms with E-state index in [0.717, 1.165) is 27.6 Å². The number of benzene rings is 2. The van der Waals surface area contributed by atoms with Crippen molar-refractivity contribution in [1.82, 2.24) is 4.98 Å². The van der Waals surface area contributed by atoms with Gasteiger partial charge in [-0.3, -0.25) is 0 Å². The second-order valence-electron chi connectivity index (χ2n) is 5.58. The molecule has 0 aliphatic rings. The Morgan fingerprint density at radius 1 is 1.08 bits per heavy atom. The molecule has 0 spiro atoms. The Balaban J connectivity index is 1.62. The van der Waals surface area contributed by atoms with E-state index in [0.29, 0.717) is 6.61 Å². The molecule has 0 saturated heterocycles. The third kappa shape index (κ3) is 4.69. The minimum Gasteiger partial charge on any atom is -0.486 e. The Hall–Kier alpha value is -3.16. The number of hydrogen-bond donors (Lipinski definition) is 0. The van der Waals surface area contributed by atoms with Crippen LogP contribution in [0.4, 0.5) is 0 Å². The number of aryl methyl sites for hydroxylation is 1. The fourth-order valence-electron chi connectivity index (χ4n) is 2.46. The van der Waals surface area contributed by atoms with Crippen LogP contribution in [0.15, 0.2) is 72.8 Å². The molecule has 0 amide bonds. The van der Waals surface area contributed by atoms with Gasteiger partial charge in [0.05, 0.1) is 11.8 Å². The van der Waals surface area contributed by atoms with Crippen molar-refractivity contribution in [3.8, 4) is 23.1 Å². The highest BCUT2D eigenvalue weighted by Gasteiger charge is 2.10. The van der Waals surface area contributed by atoms with Crippen molar-refractivity contribution in [3.05, 3.63) is 88.3 Å². The van der Waals surface area contributed by atoms with Gasteiger partial charge in [-0.05, 0) is 24.6 Å². The van der Waals surface area contributed by atoms with Crippen LogP contribution in [-0.4, -0.2) is 4.98 Å². The summed E-state index contributed by atoms with van der Waals surface area (Å²) in [6.07, 6.45) is 6.92. The quantitative estimate of drug-likeness (QED) is 0.414. The molecule has 1 aromatic heterocycles. The molecule has 0 saturated carbocycles. The number of rotatable bonds is 6. The summed E-state index contributed by atoms with van der Waals surface area (Å²) < 4.78 is 5.86. The maximum atomic E-state index is 8.44. The first-order valence-electron chi connectivity index (χ1n) is 8.23. The first-order valence-corrected chi connectivity index (χ1v) is 9.05. The topological polar surface area (TPSA) is 45.9 Å². The average molecular weight is 358 g/mol. The van der Waals surface area contributed by atoms with Gasteiger partial charge in [-0.1, -0.05) is 60.7 Å². The van der Waals surface area contributed by atoms with Gasteiger partial charge in [0.1, 0.15) is 17.4 Å². The van der Waals surface area contributed by atoms with Gasteiger partial charge in [-0.25, -0.2) is 4.98 Å². The minimum atomic E-state index is 0.457. The molecule has 0 N–H and O–H groups in total. The predicted molar refractivity (Wildman–Crippen MR) is 107 cm³/mol. The fraction of sp³-hybridized carbons (Fsp3) is 0.0909. The molecule has 2 aromatic carbocycles. The summed E-state index contributed by atoms with van der Waals surface area (Å²) >= 11 is 1.67. The number of allylic oxidation sites excluding steroid dienone is 3. The summed E-state index contributed by atoms with van der Waals surface area (Å²) in [5.74, 6) is 0.809. The van der Waals surface area contributed by atoms with Crippen molar-refractivity contribution in [2.75, 3.05) is 0 Å². The Bertz CT molecular complexity index is 948. The molecule has 128 valence electrons. The first-order chi connectivity index (χ1) is 12.8. The third-order valence-electron chi connectivity index (χ3n) is 3.70. The van der Waals surface area contributed by atoms with Crippen molar-refractivity contribution in [1.29, 1.82) is 5.26 Å². The fourth-order valence-corrected chi connectivity index (χ4v) is 3.33. The zero-order valence-electron chi connectivity index (χ0n) is 14.4. The molecule has 0 atom stereocenters. The zero-order valence-corrected chi connectivity index (χ0v) is 15.2. The number of aromatic nitrogens is 1. The monoisotopic (exact) mass is 358 g/mol. The van der Waals surface area contributed by atoms with E-state index in [1.165, 1.54) is 11.0 Å². The second-order valence-corrected chi connectivity index (χ2v) is 6.87. The lowest BCUT2D eigenvalue weighted by atomic mass is 10.1. The highest BCUT2D eigenvalue weighted by Crippen LogP contribution is 2.28. The average Bonchev–Trinajstić information content (AvgIpc) is 3.06. The third-order valence-corrected chi connectivity index (χ3v) is 4.65. The van der Waals surface area contributed by atoms with Gasteiger partial charge < -0.3 is 4.74 Å². The maximum absolute atomic E-state index is 8.44. The van der Waals surface area contributed by atoms with E-state index in [1.807, 2.05) is 60.7 Å². The molecule has 0 fully saturated rings. The van der Waals surface area contributed by atoms with E-state index in [-0.39, 0.29) is 0 Å². The van der Waals surface area contributed by atoms with Crippen LogP contribution >= 0.6 is 11.3 Å². The summed E-state index contributed by atoms with van der Waals surface area (Å²) in [6.45, 7) is 2.55. The zero-order chi connectivity index (χ0) is 18.2. The smallest absolute Gasteiger partial charge is 0.140 e. The molecule has 0 radical (unpaired) electrons. The van der Waals surface area contributed by atoms with Crippen LogP contribution in [0.2, 0.25) is 0 Å². The number of thiazole rings is 1. The highest BCUT2D eigenvalue weighted by molar-refractivity contribution is 7.12. The molecule has 26 heavy (non-hydrogen) atoms. The predicted octanol–water partition coefficient (Wildman–Crippen LogP) is 5.79. The molecular weight excluding hydrogens is 340 g/mol. The van der Waals surface area contributed by atoms with Crippen LogP contribution < -0.4 is 4.74 Å². The largest absolute Gasteiger partial charge is 0.486 e. The van der Waals surface area contributed by atoms with E-state index in [2.05, 4.69) is 19.1 Å². The highest BCUT2D eigenvalue weighted by atomic mass is 32.1. The van der Waals surface area contributed by atoms with Crippen LogP contribution in [0, 0.1) is 18.3 Å². The molecule has 0 unspecified atom stereocenters. The van der Waals surface area contributed by atoms with E-state index in [4.69, 9.17) is 15.0 Å². The number of ether oxygens (including phenoxy) is 1.